The molecule has 13 aromatic rings. The Morgan fingerprint density at radius 3 is 1.22 bits per heavy atom. The molecule has 0 aliphatic heterocycles. The van der Waals surface area contributed by atoms with Gasteiger partial charge in [-0.3, -0.25) is 0 Å². The largest absolute Gasteiger partial charge is 0.309 e. The number of benzene rings is 10. The highest BCUT2D eigenvalue weighted by molar-refractivity contribution is 6.12. The summed E-state index contributed by atoms with van der Waals surface area (Å²) >= 11 is 0. The first-order valence-electron chi connectivity index (χ1n) is 23.1. The van der Waals surface area contributed by atoms with Crippen molar-refractivity contribution in [2.75, 3.05) is 0 Å². The van der Waals surface area contributed by atoms with E-state index in [9.17, 15) is 0 Å². The maximum atomic E-state index is 5.10. The first kappa shape index (κ1) is 39.3. The van der Waals surface area contributed by atoms with Crippen molar-refractivity contribution < 1.29 is 0 Å². The van der Waals surface area contributed by atoms with Crippen molar-refractivity contribution >= 4 is 43.6 Å². The van der Waals surface area contributed by atoms with Crippen molar-refractivity contribution in [3.05, 3.63) is 255 Å². The summed E-state index contributed by atoms with van der Waals surface area (Å²) in [5, 5.41) is 4.88. The van der Waals surface area contributed by atoms with E-state index >= 15 is 0 Å². The lowest BCUT2D eigenvalue weighted by atomic mass is 9.98. The third-order valence-electron chi connectivity index (χ3n) is 13.3. The highest BCUT2D eigenvalue weighted by Crippen LogP contribution is 2.40. The van der Waals surface area contributed by atoms with Crippen LogP contribution in [0.4, 0.5) is 0 Å². The van der Waals surface area contributed by atoms with E-state index in [1.54, 1.807) is 0 Å². The molecule has 0 amide bonds. The van der Waals surface area contributed by atoms with Crippen molar-refractivity contribution in [2.45, 2.75) is 0 Å². The summed E-state index contributed by atoms with van der Waals surface area (Å²) in [6.07, 6.45) is 0. The molecular weight excluding hydrogens is 825 g/mol. The summed E-state index contributed by atoms with van der Waals surface area (Å²) in [4.78, 5) is 10.2. The van der Waals surface area contributed by atoms with Crippen molar-refractivity contribution in [1.29, 1.82) is 0 Å². The van der Waals surface area contributed by atoms with Crippen LogP contribution < -0.4 is 0 Å². The van der Waals surface area contributed by atoms with Crippen molar-refractivity contribution in [2.24, 2.45) is 0 Å². The second-order valence-electron chi connectivity index (χ2n) is 17.4. The topological polar surface area (TPSA) is 35.6 Å². The van der Waals surface area contributed by atoms with Crippen LogP contribution in [0.3, 0.4) is 0 Å². The Labute approximate surface area is 394 Å². The predicted octanol–water partition coefficient (Wildman–Crippen LogP) is 16.7. The third kappa shape index (κ3) is 6.86. The van der Waals surface area contributed by atoms with E-state index in [-0.39, 0.29) is 0 Å². The van der Waals surface area contributed by atoms with Gasteiger partial charge in [0.2, 0.25) is 0 Å². The van der Waals surface area contributed by atoms with Gasteiger partial charge in [-0.1, -0.05) is 176 Å². The molecule has 0 saturated carbocycles. The third-order valence-corrected chi connectivity index (χ3v) is 13.3. The molecule has 4 heteroatoms. The fraction of sp³-hybridized carbons (Fsp3) is 0. The fourth-order valence-corrected chi connectivity index (χ4v) is 10.0. The molecular formula is C64H42N4. The number of rotatable bonds is 8. The van der Waals surface area contributed by atoms with Crippen LogP contribution in [0.1, 0.15) is 0 Å². The molecule has 13 rings (SSSR count). The number of fused-ring (bicyclic) bond motifs is 6. The lowest BCUT2D eigenvalue weighted by Gasteiger charge is -2.14. The van der Waals surface area contributed by atoms with E-state index in [0.717, 1.165) is 50.5 Å². The van der Waals surface area contributed by atoms with Crippen LogP contribution in [0.25, 0.3) is 122 Å². The molecule has 0 aliphatic carbocycles. The second-order valence-corrected chi connectivity index (χ2v) is 17.4. The summed E-state index contributed by atoms with van der Waals surface area (Å²) in [5.74, 6) is 0.695. The number of hydrogen-bond donors (Lipinski definition) is 0. The maximum Gasteiger partial charge on any atom is 0.160 e. The summed E-state index contributed by atoms with van der Waals surface area (Å²) in [7, 11) is 0. The number of nitrogens with zero attached hydrogens (tertiary/aromatic N) is 4. The lowest BCUT2D eigenvalue weighted by molar-refractivity contribution is 1.16. The van der Waals surface area contributed by atoms with Crippen molar-refractivity contribution in [1.82, 2.24) is 19.1 Å². The van der Waals surface area contributed by atoms with E-state index in [0.29, 0.717) is 5.82 Å². The van der Waals surface area contributed by atoms with Crippen molar-refractivity contribution in [3.63, 3.8) is 0 Å². The van der Waals surface area contributed by atoms with Gasteiger partial charge >= 0.3 is 0 Å². The molecule has 0 unspecified atom stereocenters. The van der Waals surface area contributed by atoms with Crippen molar-refractivity contribution in [3.8, 4) is 78.7 Å². The van der Waals surface area contributed by atoms with Gasteiger partial charge in [0.1, 0.15) is 0 Å². The molecule has 0 fully saturated rings. The average Bonchev–Trinajstić information content (AvgIpc) is 3.94. The van der Waals surface area contributed by atoms with Gasteiger partial charge in [0.15, 0.2) is 5.82 Å². The van der Waals surface area contributed by atoms with Crippen LogP contribution in [0.2, 0.25) is 0 Å². The molecule has 0 saturated heterocycles. The van der Waals surface area contributed by atoms with Gasteiger partial charge in [0.25, 0.3) is 0 Å². The van der Waals surface area contributed by atoms with Gasteiger partial charge in [0.05, 0.1) is 33.5 Å². The molecule has 0 atom stereocenters. The van der Waals surface area contributed by atoms with E-state index in [1.807, 2.05) is 12.1 Å². The molecule has 3 aromatic heterocycles. The predicted molar refractivity (Wildman–Crippen MR) is 283 cm³/mol. The number of hydrogen-bond acceptors (Lipinski definition) is 2. The van der Waals surface area contributed by atoms with Gasteiger partial charge in [0, 0.05) is 49.6 Å². The van der Waals surface area contributed by atoms with Gasteiger partial charge < -0.3 is 9.13 Å². The summed E-state index contributed by atoms with van der Waals surface area (Å²) in [6, 6.07) is 91.3. The average molecular weight is 867 g/mol. The summed E-state index contributed by atoms with van der Waals surface area (Å²) in [6.45, 7) is 0. The zero-order valence-electron chi connectivity index (χ0n) is 37.0. The molecule has 0 bridgehead atoms. The van der Waals surface area contributed by atoms with Crippen LogP contribution in [0.15, 0.2) is 255 Å². The monoisotopic (exact) mass is 866 g/mol. The maximum absolute atomic E-state index is 5.10. The second kappa shape index (κ2) is 16.4. The lowest BCUT2D eigenvalue weighted by Crippen LogP contribution is -1.97. The van der Waals surface area contributed by atoms with E-state index < -0.39 is 0 Å². The Morgan fingerprint density at radius 2 is 0.647 bits per heavy atom. The van der Waals surface area contributed by atoms with Crippen LogP contribution >= 0.6 is 0 Å². The smallest absolute Gasteiger partial charge is 0.160 e. The Balaban J connectivity index is 0.923. The SMILES string of the molecule is c1ccc(-c2cc(-c3ccccc3)cc(-n3c4ccccc4c4ccc(-c5ccc6c(c5)c5ccccc5n6-c5ccc(-c6nc(-c7ccccc7)cc(-c7ccccc7)n6)cc5)cc43)c2)cc1. The van der Waals surface area contributed by atoms with E-state index in [1.165, 1.54) is 66.0 Å². The molecule has 4 nitrogen and oxygen atoms in total. The van der Waals surface area contributed by atoms with E-state index in [4.69, 9.17) is 9.97 Å². The highest BCUT2D eigenvalue weighted by atomic mass is 15.0. The van der Waals surface area contributed by atoms with Gasteiger partial charge in [-0.15, -0.1) is 0 Å². The molecule has 0 spiro atoms. The Hall–Kier alpha value is -9.12. The Kier molecular flexibility index (Phi) is 9.47. The minimum atomic E-state index is 0.695. The van der Waals surface area contributed by atoms with E-state index in [2.05, 4.69) is 252 Å². The number of para-hydroxylation sites is 2. The minimum Gasteiger partial charge on any atom is -0.309 e. The van der Waals surface area contributed by atoms with Gasteiger partial charge in [-0.05, 0) is 112 Å². The molecule has 0 aliphatic rings. The fourth-order valence-electron chi connectivity index (χ4n) is 10.0. The van der Waals surface area contributed by atoms with Gasteiger partial charge in [-0.2, -0.15) is 0 Å². The summed E-state index contributed by atoms with van der Waals surface area (Å²) < 4.78 is 4.83. The Morgan fingerprint density at radius 1 is 0.221 bits per heavy atom. The minimum absolute atomic E-state index is 0.695. The van der Waals surface area contributed by atoms with Gasteiger partial charge in [-0.25, -0.2) is 9.97 Å². The highest BCUT2D eigenvalue weighted by Gasteiger charge is 2.18. The Bertz CT molecular complexity index is 3870. The molecule has 68 heavy (non-hydrogen) atoms. The van der Waals surface area contributed by atoms with Crippen LogP contribution in [0, 0.1) is 0 Å². The molecule has 318 valence electrons. The summed E-state index contributed by atoms with van der Waals surface area (Å²) in [5.41, 5.74) is 18.8. The van der Waals surface area contributed by atoms with Crippen LogP contribution in [0.5, 0.6) is 0 Å². The normalized spacial score (nSPS) is 11.5. The molecule has 0 radical (unpaired) electrons. The standard InChI is InChI=1S/C64H42N4/c1-5-17-43(18-6-1)50-37-51(44-19-7-2-8-20-44)39-53(38-50)68-60-27-15-13-25-54(60)56-35-31-49(41-63(56)68)48-32-36-62-57(40-48)55-26-14-16-28-61(55)67(62)52-33-29-47(30-34-52)64-65-58(45-21-9-3-10-22-45)42-59(66-64)46-23-11-4-12-24-46/h1-42H. The zero-order chi connectivity index (χ0) is 45.0. The number of aromatic nitrogens is 4. The molecule has 3 heterocycles. The molecule has 10 aromatic carbocycles. The first-order chi connectivity index (χ1) is 33.7. The van der Waals surface area contributed by atoms with Crippen LogP contribution in [-0.4, -0.2) is 19.1 Å². The van der Waals surface area contributed by atoms with Crippen LogP contribution in [-0.2, 0) is 0 Å². The zero-order valence-corrected chi connectivity index (χ0v) is 37.0. The first-order valence-corrected chi connectivity index (χ1v) is 23.1. The molecule has 0 N–H and O–H groups in total. The quantitative estimate of drug-likeness (QED) is 0.153.